The van der Waals surface area contributed by atoms with E-state index in [-0.39, 0.29) is 4.99 Å². The topological polar surface area (TPSA) is 48.1 Å². The van der Waals surface area contributed by atoms with Crippen LogP contribution in [0.2, 0.25) is 5.02 Å². The van der Waals surface area contributed by atoms with Gasteiger partial charge < -0.3 is 10.5 Å². The standard InChI is InChI=1S/C13H11ClN2OS/c14-12-6-10(3-4-11(12)13(15)18)17-8-9-2-1-5-16-7-9/h1-7H,8H2,(H2,15,18). The molecule has 5 heteroatoms. The molecule has 2 aromatic rings. The minimum Gasteiger partial charge on any atom is -0.489 e. The Kier molecular flexibility index (Phi) is 4.12. The molecule has 1 aromatic heterocycles. The highest BCUT2D eigenvalue weighted by atomic mass is 35.5. The maximum absolute atomic E-state index is 6.05. The first kappa shape index (κ1) is 12.8. The lowest BCUT2D eigenvalue weighted by Crippen LogP contribution is -2.09. The number of benzene rings is 1. The molecular formula is C13H11ClN2OS. The van der Waals surface area contributed by atoms with Crippen LogP contribution in [0.4, 0.5) is 0 Å². The zero-order valence-electron chi connectivity index (χ0n) is 9.47. The Bertz CT molecular complexity index is 560. The number of halogens is 1. The maximum Gasteiger partial charge on any atom is 0.121 e. The summed E-state index contributed by atoms with van der Waals surface area (Å²) in [5.41, 5.74) is 7.17. The molecule has 92 valence electrons. The monoisotopic (exact) mass is 278 g/mol. The molecule has 0 aliphatic carbocycles. The Morgan fingerprint density at radius 3 is 2.83 bits per heavy atom. The Labute approximate surface area is 116 Å². The van der Waals surface area contributed by atoms with E-state index in [1.165, 1.54) is 0 Å². The summed E-state index contributed by atoms with van der Waals surface area (Å²) < 4.78 is 5.60. The fourth-order valence-electron chi connectivity index (χ4n) is 1.44. The molecule has 0 bridgehead atoms. The van der Waals surface area contributed by atoms with Crippen molar-refractivity contribution in [1.29, 1.82) is 0 Å². The molecule has 0 amide bonds. The number of hydrogen-bond donors (Lipinski definition) is 1. The van der Waals surface area contributed by atoms with E-state index in [1.54, 1.807) is 30.6 Å². The van der Waals surface area contributed by atoms with Crippen LogP contribution < -0.4 is 10.5 Å². The number of thiocarbonyl (C=S) groups is 1. The Balaban J connectivity index is 2.07. The quantitative estimate of drug-likeness (QED) is 0.874. The minimum atomic E-state index is 0.277. The van der Waals surface area contributed by atoms with E-state index < -0.39 is 0 Å². The van der Waals surface area contributed by atoms with Gasteiger partial charge in [-0.15, -0.1) is 0 Å². The smallest absolute Gasteiger partial charge is 0.121 e. The molecule has 0 atom stereocenters. The first-order valence-electron chi connectivity index (χ1n) is 5.28. The average Bonchev–Trinajstić information content (AvgIpc) is 2.37. The van der Waals surface area contributed by atoms with Crippen LogP contribution in [-0.4, -0.2) is 9.97 Å². The SMILES string of the molecule is NC(=S)c1ccc(OCc2cccnc2)cc1Cl. The van der Waals surface area contributed by atoms with Gasteiger partial charge in [-0.25, -0.2) is 0 Å². The highest BCUT2D eigenvalue weighted by Gasteiger charge is 2.05. The van der Waals surface area contributed by atoms with Crippen molar-refractivity contribution in [3.63, 3.8) is 0 Å². The first-order valence-corrected chi connectivity index (χ1v) is 6.06. The summed E-state index contributed by atoms with van der Waals surface area (Å²) in [5, 5.41) is 0.492. The number of nitrogens with two attached hydrogens (primary N) is 1. The molecule has 0 unspecified atom stereocenters. The summed E-state index contributed by atoms with van der Waals surface area (Å²) in [6.07, 6.45) is 3.47. The highest BCUT2D eigenvalue weighted by molar-refractivity contribution is 7.80. The molecule has 2 N–H and O–H groups in total. The van der Waals surface area contributed by atoms with E-state index in [0.29, 0.717) is 22.9 Å². The summed E-state index contributed by atoms with van der Waals surface area (Å²) in [5.74, 6) is 0.670. The van der Waals surface area contributed by atoms with Crippen LogP contribution in [0.1, 0.15) is 11.1 Å². The zero-order valence-corrected chi connectivity index (χ0v) is 11.0. The fraction of sp³-hybridized carbons (Fsp3) is 0.0769. The molecule has 0 spiro atoms. The molecule has 0 radical (unpaired) electrons. The molecule has 0 saturated heterocycles. The van der Waals surface area contributed by atoms with Crippen molar-refractivity contribution in [2.45, 2.75) is 6.61 Å². The Morgan fingerprint density at radius 2 is 2.22 bits per heavy atom. The van der Waals surface area contributed by atoms with Crippen molar-refractivity contribution >= 4 is 28.8 Å². The molecule has 1 aromatic carbocycles. The van der Waals surface area contributed by atoms with Crippen molar-refractivity contribution in [1.82, 2.24) is 4.98 Å². The summed E-state index contributed by atoms with van der Waals surface area (Å²) >= 11 is 10.9. The summed E-state index contributed by atoms with van der Waals surface area (Å²) in [6, 6.07) is 9.05. The van der Waals surface area contributed by atoms with Crippen molar-refractivity contribution in [3.8, 4) is 5.75 Å². The molecule has 0 saturated carbocycles. The van der Waals surface area contributed by atoms with Gasteiger partial charge in [0.2, 0.25) is 0 Å². The second-order valence-corrected chi connectivity index (χ2v) is 4.50. The maximum atomic E-state index is 6.05. The third-order valence-corrected chi connectivity index (χ3v) is 2.87. The Hall–Kier alpha value is -1.65. The lowest BCUT2D eigenvalue weighted by molar-refractivity contribution is 0.306. The predicted molar refractivity (Wildman–Crippen MR) is 75.9 cm³/mol. The normalized spacial score (nSPS) is 10.1. The van der Waals surface area contributed by atoms with Gasteiger partial charge in [-0.05, 0) is 24.3 Å². The summed E-state index contributed by atoms with van der Waals surface area (Å²) in [6.45, 7) is 0.441. The number of hydrogen-bond acceptors (Lipinski definition) is 3. The number of nitrogens with zero attached hydrogens (tertiary/aromatic N) is 1. The second kappa shape index (κ2) is 5.80. The van der Waals surface area contributed by atoms with Crippen LogP contribution in [-0.2, 0) is 6.61 Å². The third-order valence-electron chi connectivity index (χ3n) is 2.33. The molecule has 2 rings (SSSR count). The van der Waals surface area contributed by atoms with E-state index in [9.17, 15) is 0 Å². The lowest BCUT2D eigenvalue weighted by atomic mass is 10.2. The molecule has 0 aliphatic heterocycles. The predicted octanol–water partition coefficient (Wildman–Crippen LogP) is 2.95. The van der Waals surface area contributed by atoms with Gasteiger partial charge in [-0.1, -0.05) is 29.9 Å². The van der Waals surface area contributed by atoms with Gasteiger partial charge in [0.25, 0.3) is 0 Å². The largest absolute Gasteiger partial charge is 0.489 e. The Morgan fingerprint density at radius 1 is 1.39 bits per heavy atom. The lowest BCUT2D eigenvalue weighted by Gasteiger charge is -2.08. The van der Waals surface area contributed by atoms with Gasteiger partial charge >= 0.3 is 0 Å². The summed E-state index contributed by atoms with van der Waals surface area (Å²) in [4.78, 5) is 4.29. The first-order chi connectivity index (χ1) is 8.66. The third kappa shape index (κ3) is 3.18. The number of ether oxygens (including phenoxy) is 1. The van der Waals surface area contributed by atoms with Crippen molar-refractivity contribution in [2.75, 3.05) is 0 Å². The van der Waals surface area contributed by atoms with Gasteiger partial charge in [0.05, 0.1) is 5.02 Å². The van der Waals surface area contributed by atoms with E-state index in [0.717, 1.165) is 5.56 Å². The molecule has 3 nitrogen and oxygen atoms in total. The minimum absolute atomic E-state index is 0.277. The van der Waals surface area contributed by atoms with Crippen LogP contribution in [0.25, 0.3) is 0 Å². The highest BCUT2D eigenvalue weighted by Crippen LogP contribution is 2.23. The number of pyridine rings is 1. The number of aromatic nitrogens is 1. The van der Waals surface area contributed by atoms with Crippen LogP contribution in [0.3, 0.4) is 0 Å². The van der Waals surface area contributed by atoms with Crippen molar-refractivity contribution in [2.24, 2.45) is 5.73 Å². The van der Waals surface area contributed by atoms with Crippen LogP contribution >= 0.6 is 23.8 Å². The van der Waals surface area contributed by atoms with Crippen molar-refractivity contribution in [3.05, 3.63) is 58.9 Å². The van der Waals surface area contributed by atoms with E-state index >= 15 is 0 Å². The van der Waals surface area contributed by atoms with Crippen LogP contribution in [0, 0.1) is 0 Å². The molecular weight excluding hydrogens is 268 g/mol. The zero-order chi connectivity index (χ0) is 13.0. The van der Waals surface area contributed by atoms with E-state index in [1.807, 2.05) is 12.1 Å². The average molecular weight is 279 g/mol. The van der Waals surface area contributed by atoms with Crippen LogP contribution in [0.15, 0.2) is 42.7 Å². The van der Waals surface area contributed by atoms with Crippen molar-refractivity contribution < 1.29 is 4.74 Å². The molecule has 18 heavy (non-hydrogen) atoms. The second-order valence-electron chi connectivity index (χ2n) is 3.66. The molecule has 0 fully saturated rings. The molecule has 0 aliphatic rings. The number of rotatable bonds is 4. The van der Waals surface area contributed by atoms with Gasteiger partial charge in [0, 0.05) is 23.5 Å². The van der Waals surface area contributed by atoms with Gasteiger partial charge in [0.15, 0.2) is 0 Å². The fourth-order valence-corrected chi connectivity index (χ4v) is 1.94. The van der Waals surface area contributed by atoms with Crippen LogP contribution in [0.5, 0.6) is 5.75 Å². The van der Waals surface area contributed by atoms with Gasteiger partial charge in [-0.2, -0.15) is 0 Å². The van der Waals surface area contributed by atoms with Gasteiger partial charge in [-0.3, -0.25) is 4.98 Å². The van der Waals surface area contributed by atoms with E-state index in [4.69, 9.17) is 34.3 Å². The summed E-state index contributed by atoms with van der Waals surface area (Å²) in [7, 11) is 0. The van der Waals surface area contributed by atoms with Gasteiger partial charge in [0.1, 0.15) is 17.3 Å². The molecule has 1 heterocycles. The van der Waals surface area contributed by atoms with E-state index in [2.05, 4.69) is 4.98 Å².